The predicted octanol–water partition coefficient (Wildman–Crippen LogP) is 5.37. The summed E-state index contributed by atoms with van der Waals surface area (Å²) in [5, 5.41) is 1.16. The molecule has 0 radical (unpaired) electrons. The molecular formula is C23H25Cl2NO4. The Hall–Kier alpha value is -2.08. The van der Waals surface area contributed by atoms with E-state index in [1.54, 1.807) is 30.0 Å². The third-order valence-corrected chi connectivity index (χ3v) is 5.59. The lowest BCUT2D eigenvalue weighted by atomic mass is 9.90. The van der Waals surface area contributed by atoms with Crippen LogP contribution in [-0.2, 0) is 19.1 Å². The van der Waals surface area contributed by atoms with Crippen molar-refractivity contribution in [3.05, 3.63) is 69.7 Å². The third-order valence-electron chi connectivity index (χ3n) is 5.11. The van der Waals surface area contributed by atoms with Gasteiger partial charge >= 0.3 is 5.97 Å². The van der Waals surface area contributed by atoms with Crippen LogP contribution in [0.2, 0.25) is 10.0 Å². The number of carbonyl (C=O) groups excluding carboxylic acids is 2. The van der Waals surface area contributed by atoms with Gasteiger partial charge in [0.15, 0.2) is 0 Å². The van der Waals surface area contributed by atoms with E-state index in [-0.39, 0.29) is 19.1 Å². The van der Waals surface area contributed by atoms with Crippen LogP contribution >= 0.6 is 23.2 Å². The van der Waals surface area contributed by atoms with Gasteiger partial charge in [-0.15, -0.1) is 0 Å². The van der Waals surface area contributed by atoms with Crippen LogP contribution in [0.5, 0.6) is 0 Å². The molecule has 0 unspecified atom stereocenters. The monoisotopic (exact) mass is 449 g/mol. The maximum atomic E-state index is 13.1. The van der Waals surface area contributed by atoms with Crippen LogP contribution in [0.25, 0.3) is 0 Å². The van der Waals surface area contributed by atoms with Crippen LogP contribution in [0.15, 0.2) is 48.5 Å². The molecule has 7 heteroatoms. The number of rotatable bonds is 7. The average molecular weight is 450 g/mol. The zero-order chi connectivity index (χ0) is 21.7. The van der Waals surface area contributed by atoms with Gasteiger partial charge in [-0.2, -0.15) is 0 Å². The summed E-state index contributed by atoms with van der Waals surface area (Å²) < 4.78 is 11.3. The fraction of sp³-hybridized carbons (Fsp3) is 0.391. The molecule has 160 valence electrons. The molecule has 3 atom stereocenters. The van der Waals surface area contributed by atoms with E-state index < -0.39 is 24.2 Å². The highest BCUT2D eigenvalue weighted by atomic mass is 35.5. The summed E-state index contributed by atoms with van der Waals surface area (Å²) in [4.78, 5) is 27.5. The maximum Gasteiger partial charge on any atom is 0.328 e. The quantitative estimate of drug-likeness (QED) is 0.533. The van der Waals surface area contributed by atoms with Crippen LogP contribution in [-0.4, -0.2) is 36.0 Å². The lowest BCUT2D eigenvalue weighted by Crippen LogP contribution is -2.53. The molecule has 3 rings (SSSR count). The molecule has 2 aromatic rings. The SMILES string of the molecule is CCC[C@@H](C(=O)OCC)N1C(=O)CO[C@@H](c2cccc(Cl)c2)[C@H]1c1ccc(Cl)cc1. The van der Waals surface area contributed by atoms with Crippen molar-refractivity contribution in [2.24, 2.45) is 0 Å². The van der Waals surface area contributed by atoms with Gasteiger partial charge in [0.1, 0.15) is 18.8 Å². The Morgan fingerprint density at radius 1 is 1.13 bits per heavy atom. The molecule has 0 saturated carbocycles. The molecule has 1 saturated heterocycles. The number of esters is 1. The lowest BCUT2D eigenvalue weighted by molar-refractivity contribution is -0.174. The van der Waals surface area contributed by atoms with E-state index >= 15 is 0 Å². The van der Waals surface area contributed by atoms with E-state index in [4.69, 9.17) is 32.7 Å². The third kappa shape index (κ3) is 4.97. The van der Waals surface area contributed by atoms with Crippen molar-refractivity contribution in [2.45, 2.75) is 44.9 Å². The number of hydrogen-bond donors (Lipinski definition) is 0. The minimum Gasteiger partial charge on any atom is -0.464 e. The molecule has 5 nitrogen and oxygen atoms in total. The molecule has 1 heterocycles. The van der Waals surface area contributed by atoms with Gasteiger partial charge in [0.2, 0.25) is 5.91 Å². The summed E-state index contributed by atoms with van der Waals surface area (Å²) in [6.45, 7) is 3.86. The van der Waals surface area contributed by atoms with Crippen molar-refractivity contribution in [2.75, 3.05) is 13.2 Å². The van der Waals surface area contributed by atoms with Gasteiger partial charge < -0.3 is 14.4 Å². The number of carbonyl (C=O) groups is 2. The van der Waals surface area contributed by atoms with Crippen molar-refractivity contribution >= 4 is 35.1 Å². The number of morpholine rings is 1. The molecule has 1 aliphatic heterocycles. The Morgan fingerprint density at radius 2 is 1.87 bits per heavy atom. The highest BCUT2D eigenvalue weighted by Gasteiger charge is 2.44. The normalized spacial score (nSPS) is 20.1. The second-order valence-corrected chi connectivity index (χ2v) is 8.01. The fourth-order valence-corrected chi connectivity index (χ4v) is 4.16. The second kappa shape index (κ2) is 10.3. The molecule has 0 aliphatic carbocycles. The summed E-state index contributed by atoms with van der Waals surface area (Å²) in [6.07, 6.45) is 0.733. The molecule has 1 amide bonds. The first-order chi connectivity index (χ1) is 14.5. The Bertz CT molecular complexity index is 887. The van der Waals surface area contributed by atoms with Crippen LogP contribution in [0, 0.1) is 0 Å². The van der Waals surface area contributed by atoms with Gasteiger partial charge in [-0.25, -0.2) is 4.79 Å². The Labute approximate surface area is 186 Å². The number of nitrogens with zero attached hydrogens (tertiary/aromatic N) is 1. The van der Waals surface area contributed by atoms with Gasteiger partial charge in [-0.3, -0.25) is 4.79 Å². The minimum atomic E-state index is -0.700. The summed E-state index contributed by atoms with van der Waals surface area (Å²) in [5.41, 5.74) is 1.65. The predicted molar refractivity (Wildman–Crippen MR) is 117 cm³/mol. The lowest BCUT2D eigenvalue weighted by Gasteiger charge is -2.44. The topological polar surface area (TPSA) is 55.8 Å². The molecule has 0 spiro atoms. The van der Waals surface area contributed by atoms with E-state index in [2.05, 4.69) is 0 Å². The van der Waals surface area contributed by atoms with E-state index in [9.17, 15) is 9.59 Å². The van der Waals surface area contributed by atoms with Crippen molar-refractivity contribution in [1.82, 2.24) is 4.90 Å². The number of ether oxygens (including phenoxy) is 2. The van der Waals surface area contributed by atoms with Crippen LogP contribution in [0.1, 0.15) is 50.0 Å². The van der Waals surface area contributed by atoms with Crippen molar-refractivity contribution in [1.29, 1.82) is 0 Å². The first kappa shape index (κ1) is 22.6. The van der Waals surface area contributed by atoms with Gasteiger partial charge in [0.05, 0.1) is 12.6 Å². The molecule has 0 N–H and O–H groups in total. The zero-order valence-corrected chi connectivity index (χ0v) is 18.5. The maximum absolute atomic E-state index is 13.1. The van der Waals surface area contributed by atoms with Gasteiger partial charge in [0, 0.05) is 10.0 Å². The highest BCUT2D eigenvalue weighted by Crippen LogP contribution is 2.42. The van der Waals surface area contributed by atoms with Gasteiger partial charge in [-0.05, 0) is 48.7 Å². The smallest absolute Gasteiger partial charge is 0.328 e. The number of halogens is 2. The summed E-state index contributed by atoms with van der Waals surface area (Å²) in [7, 11) is 0. The molecular weight excluding hydrogens is 425 g/mol. The summed E-state index contributed by atoms with van der Waals surface area (Å²) in [5.74, 6) is -0.655. The highest BCUT2D eigenvalue weighted by molar-refractivity contribution is 6.30. The van der Waals surface area contributed by atoms with Crippen molar-refractivity contribution < 1.29 is 19.1 Å². The van der Waals surface area contributed by atoms with Crippen LogP contribution in [0.4, 0.5) is 0 Å². The molecule has 2 aromatic carbocycles. The summed E-state index contributed by atoms with van der Waals surface area (Å²) >= 11 is 12.3. The van der Waals surface area contributed by atoms with E-state index in [0.29, 0.717) is 16.5 Å². The number of hydrogen-bond acceptors (Lipinski definition) is 4. The van der Waals surface area contributed by atoms with Gasteiger partial charge in [-0.1, -0.05) is 60.8 Å². The fourth-order valence-electron chi connectivity index (χ4n) is 3.84. The second-order valence-electron chi connectivity index (χ2n) is 7.14. The van der Waals surface area contributed by atoms with E-state index in [1.807, 2.05) is 37.3 Å². The first-order valence-electron chi connectivity index (χ1n) is 10.1. The Balaban J connectivity index is 2.11. The largest absolute Gasteiger partial charge is 0.464 e. The molecule has 1 aliphatic rings. The molecule has 0 bridgehead atoms. The van der Waals surface area contributed by atoms with E-state index in [1.165, 1.54) is 0 Å². The Morgan fingerprint density at radius 3 is 2.50 bits per heavy atom. The van der Waals surface area contributed by atoms with Crippen LogP contribution in [0.3, 0.4) is 0 Å². The zero-order valence-electron chi connectivity index (χ0n) is 17.0. The Kier molecular flexibility index (Phi) is 7.75. The minimum absolute atomic E-state index is 0.124. The van der Waals surface area contributed by atoms with Crippen LogP contribution < -0.4 is 0 Å². The average Bonchev–Trinajstić information content (AvgIpc) is 2.73. The molecule has 30 heavy (non-hydrogen) atoms. The van der Waals surface area contributed by atoms with Crippen molar-refractivity contribution in [3.63, 3.8) is 0 Å². The number of amides is 1. The van der Waals surface area contributed by atoms with Crippen molar-refractivity contribution in [3.8, 4) is 0 Å². The standard InChI is InChI=1S/C23H25Cl2NO4/c1-3-6-19(23(28)29-4-2)26-20(27)14-30-22(16-7-5-8-18(25)13-16)21(26)15-9-11-17(24)12-10-15/h5,7-13,19,21-22H,3-4,6,14H2,1-2H3/t19-,21+,22-/m0/s1. The molecule has 0 aromatic heterocycles. The first-order valence-corrected chi connectivity index (χ1v) is 10.8. The van der Waals surface area contributed by atoms with E-state index in [0.717, 1.165) is 17.5 Å². The number of benzene rings is 2. The molecule has 1 fully saturated rings. The van der Waals surface area contributed by atoms with Gasteiger partial charge in [0.25, 0.3) is 0 Å². The summed E-state index contributed by atoms with van der Waals surface area (Å²) in [6, 6.07) is 13.4.